The van der Waals surface area contributed by atoms with E-state index in [4.69, 9.17) is 0 Å². The van der Waals surface area contributed by atoms with Gasteiger partial charge in [0, 0.05) is 10.2 Å². The largest absolute Gasteiger partial charge is 0.319 e. The third-order valence-electron chi connectivity index (χ3n) is 2.32. The van der Waals surface area contributed by atoms with Crippen molar-refractivity contribution in [2.45, 2.75) is 13.8 Å². The summed E-state index contributed by atoms with van der Waals surface area (Å²) in [5.74, 6) is -0.105. The number of H-pyrrole nitrogens is 1. The molecule has 0 fully saturated rings. The van der Waals surface area contributed by atoms with Crippen LogP contribution in [0.25, 0.3) is 0 Å². The van der Waals surface area contributed by atoms with Gasteiger partial charge >= 0.3 is 0 Å². The Hall–Kier alpha value is -1.69. The lowest BCUT2D eigenvalue weighted by Gasteiger charge is -2.08. The third-order valence-corrected chi connectivity index (χ3v) is 3.58. The summed E-state index contributed by atoms with van der Waals surface area (Å²) in [6.45, 7) is 3.95. The smallest absolute Gasteiger partial charge is 0.292 e. The summed E-state index contributed by atoms with van der Waals surface area (Å²) in [4.78, 5) is 15.5. The van der Waals surface area contributed by atoms with Crippen molar-refractivity contribution in [1.82, 2.24) is 15.2 Å². The van der Waals surface area contributed by atoms with Gasteiger partial charge in [-0.1, -0.05) is 15.9 Å². The number of hydrogen-bond acceptors (Lipinski definition) is 3. The van der Waals surface area contributed by atoms with Crippen molar-refractivity contribution in [3.63, 3.8) is 0 Å². The average molecular weight is 295 g/mol. The molecule has 2 rings (SSSR count). The van der Waals surface area contributed by atoms with Gasteiger partial charge in [-0.25, -0.2) is 4.98 Å². The van der Waals surface area contributed by atoms with E-state index in [1.54, 1.807) is 0 Å². The number of nitrogens with zero attached hydrogens (tertiary/aromatic N) is 2. The first-order chi connectivity index (χ1) is 8.08. The van der Waals surface area contributed by atoms with Crippen LogP contribution in [0.2, 0.25) is 0 Å². The fourth-order valence-electron chi connectivity index (χ4n) is 1.52. The van der Waals surface area contributed by atoms with E-state index in [2.05, 4.69) is 36.4 Å². The predicted octanol–water partition coefficient (Wildman–Crippen LogP) is 2.44. The number of carbonyl (C=O) groups is 1. The van der Waals surface area contributed by atoms with E-state index >= 15 is 0 Å². The van der Waals surface area contributed by atoms with E-state index in [1.807, 2.05) is 26.0 Å². The van der Waals surface area contributed by atoms with Gasteiger partial charge < -0.3 is 5.32 Å². The molecule has 0 unspecified atom stereocenters. The summed E-state index contributed by atoms with van der Waals surface area (Å²) in [5, 5.41) is 8.90. The molecule has 0 saturated heterocycles. The first-order valence-electron chi connectivity index (χ1n) is 5.01. The number of anilines is 1. The Morgan fingerprint density at radius 1 is 1.35 bits per heavy atom. The minimum absolute atomic E-state index is 0.197. The van der Waals surface area contributed by atoms with Crippen molar-refractivity contribution in [3.05, 3.63) is 39.9 Å². The molecule has 17 heavy (non-hydrogen) atoms. The van der Waals surface area contributed by atoms with Crippen LogP contribution < -0.4 is 5.32 Å². The summed E-state index contributed by atoms with van der Waals surface area (Å²) in [7, 11) is 0. The highest BCUT2D eigenvalue weighted by Gasteiger charge is 2.10. The van der Waals surface area contributed by atoms with Crippen LogP contribution in [-0.2, 0) is 0 Å². The van der Waals surface area contributed by atoms with Gasteiger partial charge in [-0.2, -0.15) is 5.10 Å². The van der Waals surface area contributed by atoms with E-state index in [0.29, 0.717) is 0 Å². The maximum absolute atomic E-state index is 11.7. The molecule has 0 aliphatic rings. The molecule has 2 aromatic rings. The summed E-state index contributed by atoms with van der Waals surface area (Å²) in [5.41, 5.74) is 2.88. The Morgan fingerprint density at radius 2 is 2.00 bits per heavy atom. The quantitative estimate of drug-likeness (QED) is 0.894. The number of halogens is 1. The van der Waals surface area contributed by atoms with Crippen molar-refractivity contribution in [2.24, 2.45) is 0 Å². The summed E-state index contributed by atoms with van der Waals surface area (Å²) in [6, 6.07) is 3.79. The lowest BCUT2D eigenvalue weighted by atomic mass is 10.1. The topological polar surface area (TPSA) is 70.7 Å². The number of rotatable bonds is 2. The highest BCUT2D eigenvalue weighted by atomic mass is 79.9. The molecule has 1 amide bonds. The highest BCUT2D eigenvalue weighted by molar-refractivity contribution is 9.10. The Bertz CT molecular complexity index is 528. The molecule has 88 valence electrons. The Balaban J connectivity index is 2.22. The van der Waals surface area contributed by atoms with Gasteiger partial charge in [0.15, 0.2) is 0 Å². The zero-order valence-electron chi connectivity index (χ0n) is 9.41. The van der Waals surface area contributed by atoms with Crippen LogP contribution in [0.3, 0.4) is 0 Å². The summed E-state index contributed by atoms with van der Waals surface area (Å²) >= 11 is 3.48. The average Bonchev–Trinajstić information content (AvgIpc) is 2.79. The van der Waals surface area contributed by atoms with Gasteiger partial charge in [-0.05, 0) is 37.1 Å². The predicted molar refractivity (Wildman–Crippen MR) is 68.0 cm³/mol. The van der Waals surface area contributed by atoms with Crippen molar-refractivity contribution in [2.75, 3.05) is 5.32 Å². The van der Waals surface area contributed by atoms with Crippen LogP contribution in [0.15, 0.2) is 22.9 Å². The fraction of sp³-hybridized carbons (Fsp3) is 0.182. The molecule has 6 heteroatoms. The molecule has 0 saturated carbocycles. The van der Waals surface area contributed by atoms with Crippen LogP contribution in [0.5, 0.6) is 0 Å². The van der Waals surface area contributed by atoms with E-state index in [1.165, 1.54) is 6.33 Å². The molecule has 2 N–H and O–H groups in total. The lowest BCUT2D eigenvalue weighted by Crippen LogP contribution is -2.14. The maximum atomic E-state index is 11.7. The monoisotopic (exact) mass is 294 g/mol. The van der Waals surface area contributed by atoms with Crippen molar-refractivity contribution >= 4 is 27.5 Å². The van der Waals surface area contributed by atoms with E-state index < -0.39 is 0 Å². The number of carbonyl (C=O) groups excluding carboxylic acids is 1. The first-order valence-corrected chi connectivity index (χ1v) is 5.80. The van der Waals surface area contributed by atoms with Gasteiger partial charge in [-0.3, -0.25) is 9.89 Å². The number of benzene rings is 1. The molecule has 1 heterocycles. The SMILES string of the molecule is Cc1cc(NC(=O)c2ncn[nH]2)cc(C)c1Br. The molecule has 1 aromatic heterocycles. The minimum Gasteiger partial charge on any atom is -0.319 e. The summed E-state index contributed by atoms with van der Waals surface area (Å²) < 4.78 is 1.05. The molecular formula is C11H11BrN4O. The number of hydrogen-bond donors (Lipinski definition) is 2. The molecule has 0 aliphatic heterocycles. The van der Waals surface area contributed by atoms with E-state index in [9.17, 15) is 4.79 Å². The number of nitrogens with one attached hydrogen (secondary N) is 2. The lowest BCUT2D eigenvalue weighted by molar-refractivity contribution is 0.101. The summed E-state index contributed by atoms with van der Waals surface area (Å²) in [6.07, 6.45) is 1.30. The molecule has 0 aliphatic carbocycles. The van der Waals surface area contributed by atoms with Gasteiger partial charge in [0.25, 0.3) is 5.91 Å². The number of aryl methyl sites for hydroxylation is 2. The van der Waals surface area contributed by atoms with Crippen molar-refractivity contribution in [1.29, 1.82) is 0 Å². The van der Waals surface area contributed by atoms with E-state index in [-0.39, 0.29) is 11.7 Å². The number of aromatic nitrogens is 3. The molecule has 0 radical (unpaired) electrons. The van der Waals surface area contributed by atoms with Crippen molar-refractivity contribution < 1.29 is 4.79 Å². The fourth-order valence-corrected chi connectivity index (χ4v) is 1.75. The molecule has 0 bridgehead atoms. The van der Waals surface area contributed by atoms with Gasteiger partial charge in [0.05, 0.1) is 0 Å². The van der Waals surface area contributed by atoms with Crippen LogP contribution >= 0.6 is 15.9 Å². The zero-order valence-corrected chi connectivity index (χ0v) is 11.0. The second kappa shape index (κ2) is 4.67. The first kappa shape index (κ1) is 11.8. The third kappa shape index (κ3) is 2.52. The minimum atomic E-state index is -0.302. The second-order valence-corrected chi connectivity index (χ2v) is 4.51. The van der Waals surface area contributed by atoms with Crippen LogP contribution in [-0.4, -0.2) is 21.1 Å². The molecule has 0 spiro atoms. The van der Waals surface area contributed by atoms with Crippen LogP contribution in [0, 0.1) is 13.8 Å². The van der Waals surface area contributed by atoms with Gasteiger partial charge in [0.1, 0.15) is 6.33 Å². The Morgan fingerprint density at radius 3 is 2.53 bits per heavy atom. The molecule has 0 atom stereocenters. The maximum Gasteiger partial charge on any atom is 0.292 e. The standard InChI is InChI=1S/C11H11BrN4O/c1-6-3-8(4-7(2)9(6)12)15-11(17)10-13-5-14-16-10/h3-5H,1-2H3,(H,15,17)(H,13,14,16). The van der Waals surface area contributed by atoms with Crippen LogP contribution in [0.4, 0.5) is 5.69 Å². The number of aromatic amines is 1. The second-order valence-electron chi connectivity index (χ2n) is 3.71. The number of amides is 1. The Kier molecular flexibility index (Phi) is 3.23. The van der Waals surface area contributed by atoms with Crippen LogP contribution in [0.1, 0.15) is 21.7 Å². The molecule has 1 aromatic carbocycles. The Labute approximate surface area is 107 Å². The van der Waals surface area contributed by atoms with Gasteiger partial charge in [0.2, 0.25) is 5.82 Å². The van der Waals surface area contributed by atoms with E-state index in [0.717, 1.165) is 21.3 Å². The molecule has 5 nitrogen and oxygen atoms in total. The van der Waals surface area contributed by atoms with Gasteiger partial charge in [-0.15, -0.1) is 0 Å². The normalized spacial score (nSPS) is 10.3. The van der Waals surface area contributed by atoms with Crippen molar-refractivity contribution in [3.8, 4) is 0 Å². The highest BCUT2D eigenvalue weighted by Crippen LogP contribution is 2.25. The zero-order chi connectivity index (χ0) is 12.4. The molecular weight excluding hydrogens is 284 g/mol.